The van der Waals surface area contributed by atoms with Crippen molar-refractivity contribution in [2.45, 2.75) is 13.5 Å². The zero-order valence-electron chi connectivity index (χ0n) is 17.3. The quantitative estimate of drug-likeness (QED) is 0.336. The van der Waals surface area contributed by atoms with Crippen molar-refractivity contribution in [1.82, 2.24) is 5.43 Å². The normalized spacial score (nSPS) is 10.7. The average Bonchev–Trinajstić information content (AvgIpc) is 2.79. The van der Waals surface area contributed by atoms with E-state index in [0.29, 0.717) is 30.3 Å². The molecule has 3 rings (SSSR count). The molecule has 6 nitrogen and oxygen atoms in total. The minimum Gasteiger partial charge on any atom is -0.496 e. The van der Waals surface area contributed by atoms with Gasteiger partial charge in [0.05, 0.1) is 24.4 Å². The first-order chi connectivity index (χ1) is 15.1. The van der Waals surface area contributed by atoms with Crippen LogP contribution < -0.4 is 19.6 Å². The Morgan fingerprint density at radius 2 is 1.77 bits per heavy atom. The van der Waals surface area contributed by atoms with Gasteiger partial charge in [-0.05, 0) is 70.4 Å². The van der Waals surface area contributed by atoms with Crippen LogP contribution in [0.25, 0.3) is 0 Å². The number of methoxy groups -OCH3 is 1. The molecule has 0 unspecified atom stereocenters. The lowest BCUT2D eigenvalue weighted by Gasteiger charge is -2.13. The second-order valence-electron chi connectivity index (χ2n) is 6.46. The van der Waals surface area contributed by atoms with E-state index in [4.69, 9.17) is 14.2 Å². The molecule has 0 saturated carbocycles. The Morgan fingerprint density at radius 1 is 1.00 bits per heavy atom. The lowest BCUT2D eigenvalue weighted by atomic mass is 10.2. The van der Waals surface area contributed by atoms with E-state index in [1.165, 1.54) is 0 Å². The van der Waals surface area contributed by atoms with Gasteiger partial charge in [0.2, 0.25) is 0 Å². The van der Waals surface area contributed by atoms with Crippen molar-refractivity contribution in [3.8, 4) is 17.2 Å². The zero-order chi connectivity index (χ0) is 22.1. The molecule has 0 aliphatic carbocycles. The molecule has 0 fully saturated rings. The van der Waals surface area contributed by atoms with E-state index in [1.54, 1.807) is 31.5 Å². The molecule has 0 aliphatic heterocycles. The molecule has 0 aromatic heterocycles. The Balaban J connectivity index is 1.66. The summed E-state index contributed by atoms with van der Waals surface area (Å²) in [7, 11) is 1.60. The average molecular weight is 483 g/mol. The smallest absolute Gasteiger partial charge is 0.271 e. The SMILES string of the molecule is CCOc1cc(C(=O)N/N=C/c2ccc(OC)c(Br)c2)ccc1OCc1ccccc1. The van der Waals surface area contributed by atoms with Crippen LogP contribution in [0.2, 0.25) is 0 Å². The number of ether oxygens (including phenoxy) is 3. The topological polar surface area (TPSA) is 69.2 Å². The second kappa shape index (κ2) is 11.2. The van der Waals surface area contributed by atoms with Crippen LogP contribution in [-0.2, 0) is 6.61 Å². The lowest BCUT2D eigenvalue weighted by Crippen LogP contribution is -2.17. The maximum atomic E-state index is 12.5. The number of carbonyl (C=O) groups is 1. The Bertz CT molecular complexity index is 1050. The van der Waals surface area contributed by atoms with Gasteiger partial charge in [0.25, 0.3) is 5.91 Å². The third-order valence-corrected chi connectivity index (χ3v) is 4.92. The van der Waals surface area contributed by atoms with E-state index in [9.17, 15) is 4.79 Å². The first kappa shape index (κ1) is 22.4. The van der Waals surface area contributed by atoms with Gasteiger partial charge >= 0.3 is 0 Å². The van der Waals surface area contributed by atoms with Crippen molar-refractivity contribution < 1.29 is 19.0 Å². The summed E-state index contributed by atoms with van der Waals surface area (Å²) in [4.78, 5) is 12.5. The number of nitrogens with one attached hydrogen (secondary N) is 1. The van der Waals surface area contributed by atoms with Gasteiger partial charge in [-0.25, -0.2) is 5.43 Å². The molecule has 0 aliphatic rings. The van der Waals surface area contributed by atoms with E-state index in [0.717, 1.165) is 21.3 Å². The predicted octanol–water partition coefficient (Wildman–Crippen LogP) is 5.20. The van der Waals surface area contributed by atoms with Crippen LogP contribution in [0.15, 0.2) is 76.3 Å². The van der Waals surface area contributed by atoms with Crippen LogP contribution in [0.3, 0.4) is 0 Å². The highest BCUT2D eigenvalue weighted by Gasteiger charge is 2.12. The minimum absolute atomic E-state index is 0.348. The van der Waals surface area contributed by atoms with Crippen molar-refractivity contribution in [1.29, 1.82) is 0 Å². The summed E-state index contributed by atoms with van der Waals surface area (Å²) >= 11 is 3.42. The number of hydrogen-bond donors (Lipinski definition) is 1. The van der Waals surface area contributed by atoms with Gasteiger partial charge in [-0.1, -0.05) is 30.3 Å². The number of amides is 1. The van der Waals surface area contributed by atoms with Crippen molar-refractivity contribution in [2.24, 2.45) is 5.10 Å². The van der Waals surface area contributed by atoms with Crippen molar-refractivity contribution in [3.05, 3.63) is 87.9 Å². The molecule has 3 aromatic carbocycles. The summed E-state index contributed by atoms with van der Waals surface area (Å²) in [5.74, 6) is 1.46. The third kappa shape index (κ3) is 6.33. The molecule has 160 valence electrons. The molecule has 1 amide bonds. The van der Waals surface area contributed by atoms with E-state index >= 15 is 0 Å². The number of nitrogens with zero attached hydrogens (tertiary/aromatic N) is 1. The maximum Gasteiger partial charge on any atom is 0.271 e. The van der Waals surface area contributed by atoms with Crippen LogP contribution in [0, 0.1) is 0 Å². The molecule has 0 heterocycles. The fourth-order valence-corrected chi connectivity index (χ4v) is 3.32. The molecule has 1 N–H and O–H groups in total. The van der Waals surface area contributed by atoms with Gasteiger partial charge < -0.3 is 14.2 Å². The molecule has 7 heteroatoms. The fraction of sp³-hybridized carbons (Fsp3) is 0.167. The fourth-order valence-electron chi connectivity index (χ4n) is 2.77. The highest BCUT2D eigenvalue weighted by molar-refractivity contribution is 9.10. The number of hydrazone groups is 1. The predicted molar refractivity (Wildman–Crippen MR) is 124 cm³/mol. The molecule has 3 aromatic rings. The zero-order valence-corrected chi connectivity index (χ0v) is 18.9. The van der Waals surface area contributed by atoms with Crippen molar-refractivity contribution in [2.75, 3.05) is 13.7 Å². The number of rotatable bonds is 9. The Labute approximate surface area is 190 Å². The van der Waals surface area contributed by atoms with E-state index in [-0.39, 0.29) is 5.91 Å². The Kier molecular flexibility index (Phi) is 8.06. The van der Waals surface area contributed by atoms with Crippen LogP contribution in [-0.4, -0.2) is 25.8 Å². The van der Waals surface area contributed by atoms with Crippen LogP contribution in [0.1, 0.15) is 28.4 Å². The molecule has 0 atom stereocenters. The monoisotopic (exact) mass is 482 g/mol. The summed E-state index contributed by atoms with van der Waals surface area (Å²) in [5, 5.41) is 4.03. The van der Waals surface area contributed by atoms with Gasteiger partial charge in [-0.15, -0.1) is 0 Å². The molecule has 0 bridgehead atoms. The van der Waals surface area contributed by atoms with Crippen LogP contribution in [0.5, 0.6) is 17.2 Å². The number of benzene rings is 3. The second-order valence-corrected chi connectivity index (χ2v) is 7.32. The number of halogens is 1. The molecule has 31 heavy (non-hydrogen) atoms. The van der Waals surface area contributed by atoms with Crippen LogP contribution >= 0.6 is 15.9 Å². The summed E-state index contributed by atoms with van der Waals surface area (Å²) < 4.78 is 17.5. The van der Waals surface area contributed by atoms with Crippen LogP contribution in [0.4, 0.5) is 0 Å². The van der Waals surface area contributed by atoms with Crippen molar-refractivity contribution >= 4 is 28.1 Å². The van der Waals surface area contributed by atoms with E-state index in [2.05, 4.69) is 26.5 Å². The first-order valence-corrected chi connectivity index (χ1v) is 10.5. The van der Waals surface area contributed by atoms with Gasteiger partial charge in [0.1, 0.15) is 12.4 Å². The molecular weight excluding hydrogens is 460 g/mol. The molecular formula is C24H23BrN2O4. The maximum absolute atomic E-state index is 12.5. The van der Waals surface area contributed by atoms with Gasteiger partial charge in [-0.3, -0.25) is 4.79 Å². The minimum atomic E-state index is -0.348. The van der Waals surface area contributed by atoms with E-state index in [1.807, 2.05) is 55.5 Å². The summed E-state index contributed by atoms with van der Waals surface area (Å²) in [6.45, 7) is 2.75. The summed E-state index contributed by atoms with van der Waals surface area (Å²) in [6.07, 6.45) is 1.56. The van der Waals surface area contributed by atoms with Crippen molar-refractivity contribution in [3.63, 3.8) is 0 Å². The number of hydrogen-bond acceptors (Lipinski definition) is 5. The molecule has 0 radical (unpaired) electrons. The standard InChI is InChI=1S/C24H23BrN2O4/c1-3-30-23-14-19(10-12-22(23)31-16-17-7-5-4-6-8-17)24(28)27-26-15-18-9-11-21(29-2)20(25)13-18/h4-15H,3,16H2,1-2H3,(H,27,28)/b26-15+. The number of carbonyl (C=O) groups excluding carboxylic acids is 1. The summed E-state index contributed by atoms with van der Waals surface area (Å²) in [6, 6.07) is 20.4. The largest absolute Gasteiger partial charge is 0.496 e. The Hall–Kier alpha value is -3.32. The van der Waals surface area contributed by atoms with Gasteiger partial charge in [0.15, 0.2) is 11.5 Å². The summed E-state index contributed by atoms with van der Waals surface area (Å²) in [5.41, 5.74) is 4.81. The highest BCUT2D eigenvalue weighted by Crippen LogP contribution is 2.29. The first-order valence-electron chi connectivity index (χ1n) is 9.71. The molecule has 0 saturated heterocycles. The third-order valence-electron chi connectivity index (χ3n) is 4.30. The molecule has 0 spiro atoms. The van der Waals surface area contributed by atoms with E-state index < -0.39 is 0 Å². The van der Waals surface area contributed by atoms with Gasteiger partial charge in [-0.2, -0.15) is 5.10 Å². The highest BCUT2D eigenvalue weighted by atomic mass is 79.9. The Morgan fingerprint density at radius 3 is 2.48 bits per heavy atom. The lowest BCUT2D eigenvalue weighted by molar-refractivity contribution is 0.0954. The van der Waals surface area contributed by atoms with Gasteiger partial charge in [0, 0.05) is 5.56 Å².